The second-order valence-electron chi connectivity index (χ2n) is 3.43. The first kappa shape index (κ1) is 14.5. The maximum atomic E-state index is 12.6. The number of ether oxygens (including phenoxy) is 1. The van der Waals surface area contributed by atoms with Crippen molar-refractivity contribution in [1.82, 2.24) is 0 Å². The minimum absolute atomic E-state index is 0.0924. The van der Waals surface area contributed by atoms with Gasteiger partial charge in [0.25, 0.3) is 6.43 Å². The van der Waals surface area contributed by atoms with Gasteiger partial charge in [0.2, 0.25) is 0 Å². The van der Waals surface area contributed by atoms with Crippen LogP contribution in [-0.2, 0) is 16.0 Å². The highest BCUT2D eigenvalue weighted by Crippen LogP contribution is 2.29. The van der Waals surface area contributed by atoms with Gasteiger partial charge in [-0.15, -0.1) is 12.6 Å². The van der Waals surface area contributed by atoms with Crippen molar-refractivity contribution in [2.45, 2.75) is 24.7 Å². The van der Waals surface area contributed by atoms with E-state index in [0.29, 0.717) is 5.56 Å². The van der Waals surface area contributed by atoms with E-state index in [-0.39, 0.29) is 29.1 Å². The lowest BCUT2D eigenvalue weighted by atomic mass is 10.0. The van der Waals surface area contributed by atoms with E-state index in [2.05, 4.69) is 12.6 Å². The molecule has 0 N–H and O–H groups in total. The normalized spacial score (nSPS) is 10.2. The molecule has 0 heterocycles. The maximum absolute atomic E-state index is 12.6. The van der Waals surface area contributed by atoms with Gasteiger partial charge in [-0.05, 0) is 12.5 Å². The van der Waals surface area contributed by atoms with Gasteiger partial charge in [-0.2, -0.15) is 5.26 Å². The fourth-order valence-electron chi connectivity index (χ4n) is 1.46. The van der Waals surface area contributed by atoms with E-state index in [9.17, 15) is 13.6 Å². The molecule has 0 radical (unpaired) electrons. The predicted octanol–water partition coefficient (Wildman–Crippen LogP) is 2.89. The first-order valence-corrected chi connectivity index (χ1v) is 5.64. The fraction of sp³-hybridized carbons (Fsp3) is 0.333. The lowest BCUT2D eigenvalue weighted by Crippen LogP contribution is -2.09. The van der Waals surface area contributed by atoms with Crippen LogP contribution in [0, 0.1) is 11.3 Å². The zero-order chi connectivity index (χ0) is 13.7. The molecule has 0 saturated heterocycles. The Hall–Kier alpha value is -1.61. The number of hydrogen-bond donors (Lipinski definition) is 1. The molecule has 6 heteroatoms. The minimum atomic E-state index is -2.75. The van der Waals surface area contributed by atoms with Crippen LogP contribution in [0.15, 0.2) is 17.0 Å². The van der Waals surface area contributed by atoms with Gasteiger partial charge in [0.1, 0.15) is 6.07 Å². The monoisotopic (exact) mass is 271 g/mol. The van der Waals surface area contributed by atoms with Crippen molar-refractivity contribution in [3.8, 4) is 6.07 Å². The lowest BCUT2D eigenvalue weighted by Gasteiger charge is -2.10. The fourth-order valence-corrected chi connectivity index (χ4v) is 1.79. The number of benzene rings is 1. The Kier molecular flexibility index (Phi) is 5.10. The van der Waals surface area contributed by atoms with E-state index in [4.69, 9.17) is 10.00 Å². The highest BCUT2D eigenvalue weighted by atomic mass is 32.1. The molecule has 3 nitrogen and oxygen atoms in total. The number of nitriles is 1. The van der Waals surface area contributed by atoms with Crippen molar-refractivity contribution in [2.75, 3.05) is 6.61 Å². The highest BCUT2D eigenvalue weighted by molar-refractivity contribution is 7.80. The number of carbonyl (C=O) groups excluding carboxylic acids is 1. The highest BCUT2D eigenvalue weighted by Gasteiger charge is 2.18. The summed E-state index contributed by atoms with van der Waals surface area (Å²) in [6.07, 6.45) is -2.84. The Bertz CT molecular complexity index is 498. The van der Waals surface area contributed by atoms with Crippen molar-refractivity contribution < 1.29 is 18.3 Å². The zero-order valence-electron chi connectivity index (χ0n) is 9.61. The number of halogens is 2. The van der Waals surface area contributed by atoms with Gasteiger partial charge in [-0.25, -0.2) is 8.78 Å². The zero-order valence-corrected chi connectivity index (χ0v) is 10.5. The van der Waals surface area contributed by atoms with E-state index in [1.807, 2.05) is 0 Å². The number of esters is 1. The Balaban J connectivity index is 3.11. The summed E-state index contributed by atoms with van der Waals surface area (Å²) in [5.74, 6) is -0.485. The van der Waals surface area contributed by atoms with Gasteiger partial charge in [0.15, 0.2) is 0 Å². The lowest BCUT2D eigenvalue weighted by molar-refractivity contribution is -0.142. The van der Waals surface area contributed by atoms with Gasteiger partial charge in [0, 0.05) is 10.5 Å². The number of nitrogens with zero attached hydrogens (tertiary/aromatic N) is 1. The van der Waals surface area contributed by atoms with Crippen LogP contribution in [0.25, 0.3) is 0 Å². The summed E-state index contributed by atoms with van der Waals surface area (Å²) in [6.45, 7) is 1.90. The van der Waals surface area contributed by atoms with E-state index in [1.165, 1.54) is 6.07 Å². The summed E-state index contributed by atoms with van der Waals surface area (Å²) >= 11 is 4.03. The molecule has 0 aromatic heterocycles. The molecule has 0 saturated carbocycles. The molecule has 96 valence electrons. The maximum Gasteiger partial charge on any atom is 0.310 e. The summed E-state index contributed by atoms with van der Waals surface area (Å²) in [4.78, 5) is 11.4. The van der Waals surface area contributed by atoms with Gasteiger partial charge in [-0.3, -0.25) is 4.79 Å². The Morgan fingerprint density at radius 3 is 2.72 bits per heavy atom. The van der Waals surface area contributed by atoms with Crippen LogP contribution in [0.3, 0.4) is 0 Å². The third-order valence-electron chi connectivity index (χ3n) is 2.28. The van der Waals surface area contributed by atoms with Crippen LogP contribution in [0.2, 0.25) is 0 Å². The first-order chi connectivity index (χ1) is 8.51. The van der Waals surface area contributed by atoms with Crippen LogP contribution in [0.5, 0.6) is 0 Å². The number of thiol groups is 1. The van der Waals surface area contributed by atoms with Crippen LogP contribution >= 0.6 is 12.6 Å². The smallest absolute Gasteiger partial charge is 0.310 e. The van der Waals surface area contributed by atoms with Crippen molar-refractivity contribution in [3.05, 3.63) is 28.8 Å². The van der Waals surface area contributed by atoms with E-state index in [1.54, 1.807) is 13.0 Å². The third kappa shape index (κ3) is 3.20. The van der Waals surface area contributed by atoms with Crippen LogP contribution in [0.1, 0.15) is 30.0 Å². The molecule has 0 amide bonds. The molecule has 0 aliphatic rings. The number of rotatable bonds is 4. The van der Waals surface area contributed by atoms with Gasteiger partial charge in [0.05, 0.1) is 18.6 Å². The van der Waals surface area contributed by atoms with Gasteiger partial charge < -0.3 is 4.74 Å². The average Bonchev–Trinajstić information content (AvgIpc) is 2.31. The Morgan fingerprint density at radius 2 is 2.22 bits per heavy atom. The van der Waals surface area contributed by atoms with Crippen LogP contribution in [0.4, 0.5) is 8.78 Å². The molecular weight excluding hydrogens is 260 g/mol. The van der Waals surface area contributed by atoms with Crippen molar-refractivity contribution in [1.29, 1.82) is 5.26 Å². The second-order valence-corrected chi connectivity index (χ2v) is 3.88. The third-order valence-corrected chi connectivity index (χ3v) is 2.79. The van der Waals surface area contributed by atoms with E-state index >= 15 is 0 Å². The summed E-state index contributed by atoms with van der Waals surface area (Å²) in [5, 5.41) is 8.86. The number of alkyl halides is 2. The Labute approximate surface area is 109 Å². The topological polar surface area (TPSA) is 50.1 Å². The summed E-state index contributed by atoms with van der Waals surface area (Å²) in [7, 11) is 0. The SMILES string of the molecule is CCOC(=O)Cc1ccc(C(F)F)c(C#N)c1S. The summed E-state index contributed by atoms with van der Waals surface area (Å²) < 4.78 is 30.0. The van der Waals surface area contributed by atoms with Gasteiger partial charge in [-0.1, -0.05) is 12.1 Å². The van der Waals surface area contributed by atoms with Crippen LogP contribution < -0.4 is 0 Å². The van der Waals surface area contributed by atoms with Crippen molar-refractivity contribution >= 4 is 18.6 Å². The largest absolute Gasteiger partial charge is 0.466 e. The molecule has 0 spiro atoms. The minimum Gasteiger partial charge on any atom is -0.466 e. The van der Waals surface area contributed by atoms with E-state index in [0.717, 1.165) is 6.07 Å². The molecule has 1 rings (SSSR count). The first-order valence-electron chi connectivity index (χ1n) is 5.19. The molecule has 1 aromatic rings. The second kappa shape index (κ2) is 6.36. The molecule has 0 aliphatic heterocycles. The Morgan fingerprint density at radius 1 is 1.56 bits per heavy atom. The number of carbonyl (C=O) groups is 1. The molecule has 0 atom stereocenters. The average molecular weight is 271 g/mol. The van der Waals surface area contributed by atoms with Crippen molar-refractivity contribution in [2.24, 2.45) is 0 Å². The molecule has 1 aromatic carbocycles. The summed E-state index contributed by atoms with van der Waals surface area (Å²) in [6, 6.07) is 4.18. The molecular formula is C12H11F2NO2S. The summed E-state index contributed by atoms with van der Waals surface area (Å²) in [5.41, 5.74) is -0.178. The molecule has 0 aliphatic carbocycles. The van der Waals surface area contributed by atoms with E-state index < -0.39 is 12.4 Å². The number of hydrogen-bond acceptors (Lipinski definition) is 4. The van der Waals surface area contributed by atoms with Gasteiger partial charge >= 0.3 is 5.97 Å². The quantitative estimate of drug-likeness (QED) is 0.676. The predicted molar refractivity (Wildman–Crippen MR) is 63.7 cm³/mol. The van der Waals surface area contributed by atoms with Crippen molar-refractivity contribution in [3.63, 3.8) is 0 Å². The molecule has 18 heavy (non-hydrogen) atoms. The molecule has 0 unspecified atom stereocenters. The standard InChI is InChI=1S/C12H11F2NO2S/c1-2-17-10(16)5-7-3-4-8(12(13)14)9(6-15)11(7)18/h3-4,12,18H,2,5H2,1H3. The molecule has 0 fully saturated rings. The van der Waals surface area contributed by atoms with Crippen LogP contribution in [-0.4, -0.2) is 12.6 Å². The molecule has 0 bridgehead atoms.